The number of benzene rings is 3. The van der Waals surface area contributed by atoms with Crippen molar-refractivity contribution in [1.82, 2.24) is 15.6 Å². The lowest BCUT2D eigenvalue weighted by molar-refractivity contribution is -0.149. The zero-order valence-corrected chi connectivity index (χ0v) is 27.8. The Kier molecular flexibility index (Phi) is 13.9. The number of ether oxygens (including phenoxy) is 2. The number of hydrogen-bond donors (Lipinski definition) is 2. The first kappa shape index (κ1) is 35.3. The predicted molar refractivity (Wildman–Crippen MR) is 183 cm³/mol. The van der Waals surface area contributed by atoms with Crippen LogP contribution in [0.3, 0.4) is 0 Å². The largest absolute Gasteiger partial charge is 0.458 e. The minimum absolute atomic E-state index is 0.192. The van der Waals surface area contributed by atoms with Crippen LogP contribution in [-0.2, 0) is 32.3 Å². The molecule has 0 fully saturated rings. The fourth-order valence-corrected chi connectivity index (χ4v) is 5.36. The van der Waals surface area contributed by atoms with Crippen molar-refractivity contribution in [3.63, 3.8) is 0 Å². The van der Waals surface area contributed by atoms with E-state index in [1.807, 2.05) is 42.8 Å². The summed E-state index contributed by atoms with van der Waals surface area (Å²) in [7, 11) is 0. The van der Waals surface area contributed by atoms with Crippen molar-refractivity contribution >= 4 is 47.3 Å². The molecule has 0 spiro atoms. The number of carbonyl (C=O) groups excluding carboxylic acids is 4. The molecule has 0 bridgehead atoms. The van der Waals surface area contributed by atoms with Crippen LogP contribution >= 0.6 is 23.5 Å². The van der Waals surface area contributed by atoms with Crippen LogP contribution in [-0.4, -0.2) is 64.8 Å². The Morgan fingerprint density at radius 1 is 0.681 bits per heavy atom. The number of carbonyl (C=O) groups is 4. The van der Waals surface area contributed by atoms with Gasteiger partial charge in [0.1, 0.15) is 24.4 Å². The lowest BCUT2D eigenvalue weighted by atomic mass is 10.1. The number of amides is 2. The standard InChI is InChI=1S/C35H37N3O7S2/c1-46-20-18-27(36-31(39)24-12-6-3-7-13-24)34(41)43-22-29-30(45-33(38-29)26-16-10-5-11-17-26)23-44-35(42)28(19-21-47-2)37-32(40)25-14-8-4-9-15-25/h3-17,27-28H,18-23H2,1-2H3,(H,36,39)(H,37,40)/t27-,28+/m1/s1. The fourth-order valence-electron chi connectivity index (χ4n) is 4.42. The summed E-state index contributed by atoms with van der Waals surface area (Å²) in [5.74, 6) is -0.341. The molecule has 2 amide bonds. The van der Waals surface area contributed by atoms with E-state index < -0.39 is 24.0 Å². The summed E-state index contributed by atoms with van der Waals surface area (Å²) in [6.07, 6.45) is 4.55. The molecule has 246 valence electrons. The average molecular weight is 676 g/mol. The number of nitrogens with zero attached hydrogens (tertiary/aromatic N) is 1. The molecule has 10 nitrogen and oxygen atoms in total. The van der Waals surface area contributed by atoms with Gasteiger partial charge >= 0.3 is 11.9 Å². The first-order chi connectivity index (χ1) is 22.9. The normalized spacial score (nSPS) is 12.0. The summed E-state index contributed by atoms with van der Waals surface area (Å²) in [5.41, 5.74) is 1.80. The molecule has 47 heavy (non-hydrogen) atoms. The Morgan fingerprint density at radius 2 is 1.13 bits per heavy atom. The molecular formula is C35H37N3O7S2. The first-order valence-electron chi connectivity index (χ1n) is 15.0. The van der Waals surface area contributed by atoms with Crippen LogP contribution in [0, 0.1) is 0 Å². The molecule has 0 aliphatic heterocycles. The van der Waals surface area contributed by atoms with Crippen molar-refractivity contribution in [2.45, 2.75) is 38.1 Å². The van der Waals surface area contributed by atoms with Gasteiger partial charge in [0.2, 0.25) is 5.89 Å². The molecule has 4 aromatic rings. The zero-order chi connectivity index (χ0) is 33.4. The highest BCUT2D eigenvalue weighted by Gasteiger charge is 2.27. The highest BCUT2D eigenvalue weighted by atomic mass is 32.2. The van der Waals surface area contributed by atoms with Crippen LogP contribution < -0.4 is 10.6 Å². The summed E-state index contributed by atoms with van der Waals surface area (Å²) < 4.78 is 17.3. The molecule has 0 aliphatic rings. The molecule has 3 aromatic carbocycles. The molecule has 2 atom stereocenters. The number of oxazole rings is 1. The Hall–Kier alpha value is -4.55. The van der Waals surface area contributed by atoms with Crippen LogP contribution in [0.15, 0.2) is 95.4 Å². The van der Waals surface area contributed by atoms with Crippen molar-refractivity contribution in [3.8, 4) is 11.5 Å². The van der Waals surface area contributed by atoms with Crippen LogP contribution in [0.2, 0.25) is 0 Å². The quantitative estimate of drug-likeness (QED) is 0.138. The van der Waals surface area contributed by atoms with Gasteiger partial charge < -0.3 is 24.5 Å². The van der Waals surface area contributed by atoms with Gasteiger partial charge in [-0.15, -0.1) is 0 Å². The van der Waals surface area contributed by atoms with Gasteiger partial charge in [-0.05, 0) is 73.3 Å². The van der Waals surface area contributed by atoms with Crippen molar-refractivity contribution < 1.29 is 33.1 Å². The number of esters is 2. The van der Waals surface area contributed by atoms with E-state index >= 15 is 0 Å². The third-order valence-electron chi connectivity index (χ3n) is 6.97. The molecule has 0 saturated heterocycles. The van der Waals surface area contributed by atoms with Crippen molar-refractivity contribution in [2.75, 3.05) is 24.0 Å². The van der Waals surface area contributed by atoms with E-state index in [0.717, 1.165) is 0 Å². The smallest absolute Gasteiger partial charge is 0.329 e. The highest BCUT2D eigenvalue weighted by Crippen LogP contribution is 2.24. The minimum atomic E-state index is -0.890. The van der Waals surface area contributed by atoms with Crippen molar-refractivity contribution in [1.29, 1.82) is 0 Å². The van der Waals surface area contributed by atoms with Crippen LogP contribution in [0.4, 0.5) is 0 Å². The van der Waals surface area contributed by atoms with Crippen molar-refractivity contribution in [2.24, 2.45) is 0 Å². The molecule has 2 N–H and O–H groups in total. The van der Waals surface area contributed by atoms with Gasteiger partial charge in [0.25, 0.3) is 11.8 Å². The van der Waals surface area contributed by atoms with Gasteiger partial charge in [0.15, 0.2) is 12.4 Å². The van der Waals surface area contributed by atoms with E-state index in [4.69, 9.17) is 13.9 Å². The molecule has 0 unspecified atom stereocenters. The van der Waals surface area contributed by atoms with Gasteiger partial charge in [-0.3, -0.25) is 9.59 Å². The summed E-state index contributed by atoms with van der Waals surface area (Å²) in [6, 6.07) is 24.6. The van der Waals surface area contributed by atoms with Crippen LogP contribution in [0.25, 0.3) is 11.5 Å². The lowest BCUT2D eigenvalue weighted by Crippen LogP contribution is -2.42. The molecular weight excluding hydrogens is 639 g/mol. The summed E-state index contributed by atoms with van der Waals surface area (Å²) in [5, 5.41) is 5.54. The zero-order valence-electron chi connectivity index (χ0n) is 26.2. The maximum atomic E-state index is 13.2. The van der Waals surface area contributed by atoms with Gasteiger partial charge in [-0.1, -0.05) is 54.6 Å². The molecule has 1 heterocycles. The second kappa shape index (κ2) is 18.6. The van der Waals surface area contributed by atoms with Crippen molar-refractivity contribution in [3.05, 3.63) is 114 Å². The number of rotatable bonds is 17. The Bertz CT molecular complexity index is 1500. The Morgan fingerprint density at radius 3 is 1.60 bits per heavy atom. The molecule has 0 aliphatic carbocycles. The highest BCUT2D eigenvalue weighted by molar-refractivity contribution is 7.98. The first-order valence-corrected chi connectivity index (χ1v) is 17.7. The van der Waals surface area contributed by atoms with E-state index in [-0.39, 0.29) is 42.4 Å². The topological polar surface area (TPSA) is 137 Å². The van der Waals surface area contributed by atoms with E-state index in [2.05, 4.69) is 15.6 Å². The molecule has 1 aromatic heterocycles. The SMILES string of the molecule is CSCC[C@H](NC(=O)c1ccccc1)C(=O)OCc1oc(-c2ccccc2)nc1COC(=O)[C@@H](CCSC)NC(=O)c1ccccc1. The number of nitrogens with one attached hydrogen (secondary N) is 2. The van der Waals surface area contributed by atoms with Crippen LogP contribution in [0.1, 0.15) is 45.0 Å². The monoisotopic (exact) mass is 675 g/mol. The second-order valence-corrected chi connectivity index (χ2v) is 12.3. The molecule has 0 radical (unpaired) electrons. The summed E-state index contributed by atoms with van der Waals surface area (Å²) in [4.78, 5) is 56.6. The number of aromatic nitrogens is 1. The summed E-state index contributed by atoms with van der Waals surface area (Å²) in [6.45, 7) is -0.581. The number of hydrogen-bond acceptors (Lipinski definition) is 10. The molecule has 12 heteroatoms. The van der Waals surface area contributed by atoms with E-state index in [0.29, 0.717) is 41.0 Å². The third kappa shape index (κ3) is 10.8. The van der Waals surface area contributed by atoms with E-state index in [1.165, 1.54) is 0 Å². The predicted octanol–water partition coefficient (Wildman–Crippen LogP) is 5.53. The lowest BCUT2D eigenvalue weighted by Gasteiger charge is -2.18. The Balaban J connectivity index is 1.47. The maximum absolute atomic E-state index is 13.2. The maximum Gasteiger partial charge on any atom is 0.329 e. The molecule has 0 saturated carbocycles. The van der Waals surface area contributed by atoms with E-state index in [9.17, 15) is 19.2 Å². The molecule has 4 rings (SSSR count). The number of thioether (sulfide) groups is 2. The van der Waals surface area contributed by atoms with Gasteiger partial charge in [-0.2, -0.15) is 23.5 Å². The Labute approximate surface area is 282 Å². The van der Waals surface area contributed by atoms with Gasteiger partial charge in [0, 0.05) is 16.7 Å². The third-order valence-corrected chi connectivity index (χ3v) is 8.26. The van der Waals surface area contributed by atoms with E-state index in [1.54, 1.807) is 84.2 Å². The van der Waals surface area contributed by atoms with Crippen LogP contribution in [0.5, 0.6) is 0 Å². The second-order valence-electron chi connectivity index (χ2n) is 10.3. The summed E-state index contributed by atoms with van der Waals surface area (Å²) >= 11 is 3.09. The van der Waals surface area contributed by atoms with Gasteiger partial charge in [0.05, 0.1) is 0 Å². The van der Waals surface area contributed by atoms with Gasteiger partial charge in [-0.25, -0.2) is 14.6 Å². The average Bonchev–Trinajstić information content (AvgIpc) is 3.53. The fraction of sp³-hybridized carbons (Fsp3) is 0.286. The minimum Gasteiger partial charge on any atom is -0.458 e.